The maximum atomic E-state index is 4.54. The number of aromatic amines is 1. The second-order valence-corrected chi connectivity index (χ2v) is 7.64. The Hall–Kier alpha value is -2.59. The summed E-state index contributed by atoms with van der Waals surface area (Å²) in [6.45, 7) is 8.75. The number of benzene rings is 1. The number of hydrogen-bond acceptors (Lipinski definition) is 3. The fraction of sp³-hybridized carbons (Fsp3) is 0.286. The number of H-pyrrole nitrogens is 1. The summed E-state index contributed by atoms with van der Waals surface area (Å²) in [4.78, 5) is 12.6. The molecule has 2 aliphatic rings. The minimum Gasteiger partial charge on any atom is -0.370 e. The quantitative estimate of drug-likeness (QED) is 0.796. The average molecular weight is 330 g/mol. The predicted molar refractivity (Wildman–Crippen MR) is 104 cm³/mol. The fourth-order valence-electron chi connectivity index (χ4n) is 4.46. The van der Waals surface area contributed by atoms with Crippen LogP contribution in [0.25, 0.3) is 28.2 Å². The molecule has 0 aliphatic carbocycles. The van der Waals surface area contributed by atoms with Crippen LogP contribution in [0.3, 0.4) is 0 Å². The van der Waals surface area contributed by atoms with E-state index in [2.05, 4.69) is 63.7 Å². The van der Waals surface area contributed by atoms with Crippen molar-refractivity contribution >= 4 is 22.8 Å². The maximum absolute atomic E-state index is 4.54. The van der Waals surface area contributed by atoms with Gasteiger partial charge in [-0.15, -0.1) is 0 Å². The highest BCUT2D eigenvalue weighted by molar-refractivity contribution is 5.89. The van der Waals surface area contributed by atoms with Gasteiger partial charge in [-0.3, -0.25) is 0 Å². The van der Waals surface area contributed by atoms with Gasteiger partial charge in [-0.05, 0) is 30.8 Å². The van der Waals surface area contributed by atoms with Crippen LogP contribution in [0, 0.1) is 5.41 Å². The second kappa shape index (κ2) is 5.20. The summed E-state index contributed by atoms with van der Waals surface area (Å²) >= 11 is 0. The molecule has 5 rings (SSSR count). The van der Waals surface area contributed by atoms with Crippen LogP contribution >= 0.6 is 0 Å². The van der Waals surface area contributed by atoms with Gasteiger partial charge >= 0.3 is 0 Å². The van der Waals surface area contributed by atoms with Gasteiger partial charge in [0.15, 0.2) is 0 Å². The van der Waals surface area contributed by atoms with Crippen molar-refractivity contribution in [3.8, 4) is 11.1 Å². The van der Waals surface area contributed by atoms with Crippen LogP contribution in [0.5, 0.6) is 0 Å². The Morgan fingerprint density at radius 2 is 1.88 bits per heavy atom. The predicted octanol–water partition coefficient (Wildman–Crippen LogP) is 3.62. The van der Waals surface area contributed by atoms with Crippen LogP contribution in [-0.4, -0.2) is 48.1 Å². The molecule has 0 amide bonds. The summed E-state index contributed by atoms with van der Waals surface area (Å²) < 4.78 is 0. The number of anilines is 1. The highest BCUT2D eigenvalue weighted by atomic mass is 15.3. The zero-order chi connectivity index (χ0) is 17.0. The Kier molecular flexibility index (Phi) is 3.06. The van der Waals surface area contributed by atoms with Crippen molar-refractivity contribution in [2.45, 2.75) is 0 Å². The first-order chi connectivity index (χ1) is 12.2. The molecule has 126 valence electrons. The largest absolute Gasteiger partial charge is 0.370 e. The lowest BCUT2D eigenvalue weighted by atomic mass is 9.73. The summed E-state index contributed by atoms with van der Waals surface area (Å²) in [7, 11) is 2.20. The maximum Gasteiger partial charge on any atom is 0.137 e. The lowest BCUT2D eigenvalue weighted by Crippen LogP contribution is -2.71. The van der Waals surface area contributed by atoms with Gasteiger partial charge in [0, 0.05) is 66.2 Å². The van der Waals surface area contributed by atoms with Crippen LogP contribution in [0.4, 0.5) is 5.69 Å². The third-order valence-corrected chi connectivity index (χ3v) is 5.61. The summed E-state index contributed by atoms with van der Waals surface area (Å²) in [6.07, 6.45) is 5.75. The van der Waals surface area contributed by atoms with E-state index >= 15 is 0 Å². The molecule has 0 saturated carbocycles. The van der Waals surface area contributed by atoms with E-state index in [1.165, 1.54) is 37.4 Å². The van der Waals surface area contributed by atoms with E-state index in [1.807, 2.05) is 18.5 Å². The molecule has 4 heterocycles. The van der Waals surface area contributed by atoms with Gasteiger partial charge in [-0.1, -0.05) is 24.8 Å². The Labute approximate surface area is 147 Å². The molecule has 1 aromatic carbocycles. The van der Waals surface area contributed by atoms with Crippen molar-refractivity contribution in [2.24, 2.45) is 5.41 Å². The van der Waals surface area contributed by atoms with Crippen LogP contribution in [0.15, 0.2) is 49.3 Å². The highest BCUT2D eigenvalue weighted by Gasteiger charge is 2.50. The molecule has 0 bridgehead atoms. The van der Waals surface area contributed by atoms with E-state index in [0.717, 1.165) is 22.2 Å². The number of aromatic nitrogens is 2. The molecule has 4 nitrogen and oxygen atoms in total. The zero-order valence-corrected chi connectivity index (χ0v) is 14.5. The lowest BCUT2D eigenvalue weighted by Gasteiger charge is -2.60. The van der Waals surface area contributed by atoms with Gasteiger partial charge in [0.25, 0.3) is 0 Å². The van der Waals surface area contributed by atoms with Crippen molar-refractivity contribution in [3.63, 3.8) is 0 Å². The van der Waals surface area contributed by atoms with Crippen LogP contribution in [0.1, 0.15) is 5.56 Å². The normalized spacial score (nSPS) is 19.0. The first-order valence-corrected chi connectivity index (χ1v) is 8.79. The average Bonchev–Trinajstić information content (AvgIpc) is 2.99. The molecule has 2 aromatic heterocycles. The summed E-state index contributed by atoms with van der Waals surface area (Å²) in [6, 6.07) is 11.1. The molecular formula is C21H22N4. The van der Waals surface area contributed by atoms with Gasteiger partial charge < -0.3 is 14.8 Å². The smallest absolute Gasteiger partial charge is 0.137 e. The molecule has 2 fully saturated rings. The number of likely N-dealkylation sites (tertiary alicyclic amines) is 1. The van der Waals surface area contributed by atoms with Crippen molar-refractivity contribution in [1.29, 1.82) is 0 Å². The van der Waals surface area contributed by atoms with E-state index in [4.69, 9.17) is 0 Å². The second-order valence-electron chi connectivity index (χ2n) is 7.64. The van der Waals surface area contributed by atoms with Crippen molar-refractivity contribution in [2.75, 3.05) is 38.1 Å². The van der Waals surface area contributed by atoms with E-state index < -0.39 is 0 Å². The number of rotatable bonds is 3. The minimum atomic E-state index is 0.567. The fourth-order valence-corrected chi connectivity index (χ4v) is 4.46. The molecular weight excluding hydrogens is 308 g/mol. The zero-order valence-electron chi connectivity index (χ0n) is 14.5. The van der Waals surface area contributed by atoms with Crippen molar-refractivity contribution in [3.05, 3.63) is 54.9 Å². The van der Waals surface area contributed by atoms with Gasteiger partial charge in [0.05, 0.1) is 0 Å². The number of fused-ring (bicyclic) bond motifs is 1. The molecule has 0 atom stereocenters. The van der Waals surface area contributed by atoms with Crippen LogP contribution in [0.2, 0.25) is 0 Å². The molecule has 1 spiro atoms. The van der Waals surface area contributed by atoms with Crippen molar-refractivity contribution in [1.82, 2.24) is 14.9 Å². The topological polar surface area (TPSA) is 35.2 Å². The summed E-state index contributed by atoms with van der Waals surface area (Å²) in [5.41, 5.74) is 6.24. The molecule has 0 radical (unpaired) electrons. The number of nitrogens with zero attached hydrogens (tertiary/aromatic N) is 3. The molecule has 2 aliphatic heterocycles. The molecule has 25 heavy (non-hydrogen) atoms. The molecule has 0 unspecified atom stereocenters. The number of nitrogens with one attached hydrogen (secondary N) is 1. The third kappa shape index (κ3) is 2.29. The number of pyridine rings is 1. The lowest BCUT2D eigenvalue weighted by molar-refractivity contribution is -0.00238. The minimum absolute atomic E-state index is 0.567. The monoisotopic (exact) mass is 330 g/mol. The van der Waals surface area contributed by atoms with Gasteiger partial charge in [-0.2, -0.15) is 0 Å². The van der Waals surface area contributed by atoms with Crippen LogP contribution in [-0.2, 0) is 0 Å². The summed E-state index contributed by atoms with van der Waals surface area (Å²) in [5.74, 6) is 0. The molecule has 1 N–H and O–H groups in total. The Balaban J connectivity index is 1.38. The Morgan fingerprint density at radius 1 is 1.12 bits per heavy atom. The Morgan fingerprint density at radius 3 is 2.56 bits per heavy atom. The Bertz CT molecular complexity index is 940. The van der Waals surface area contributed by atoms with Gasteiger partial charge in [0.1, 0.15) is 5.65 Å². The third-order valence-electron chi connectivity index (χ3n) is 5.61. The molecule has 2 saturated heterocycles. The van der Waals surface area contributed by atoms with Crippen LogP contribution < -0.4 is 4.90 Å². The highest BCUT2D eigenvalue weighted by Crippen LogP contribution is 2.41. The van der Waals surface area contributed by atoms with Crippen molar-refractivity contribution < 1.29 is 0 Å². The first kappa shape index (κ1) is 14.7. The standard InChI is InChI=1S/C21H22N4/c1-3-15-9-22-20-19(15)8-17(10-23-20)16-4-6-18(7-5-16)25-13-21(14-25)11-24(2)12-21/h3-10H,1,11-14H2,2H3,(H,22,23). The van der Waals surface area contributed by atoms with Gasteiger partial charge in [-0.25, -0.2) is 4.98 Å². The van der Waals surface area contributed by atoms with E-state index in [9.17, 15) is 0 Å². The SMILES string of the molecule is C=Cc1c[nH]c2ncc(-c3ccc(N4CC5(CN(C)C5)C4)cc3)cc12. The van der Waals surface area contributed by atoms with E-state index in [-0.39, 0.29) is 0 Å². The molecule has 4 heteroatoms. The van der Waals surface area contributed by atoms with E-state index in [1.54, 1.807) is 0 Å². The molecule has 3 aromatic rings. The van der Waals surface area contributed by atoms with E-state index in [0.29, 0.717) is 5.41 Å². The number of hydrogen-bond donors (Lipinski definition) is 1. The van der Waals surface area contributed by atoms with Gasteiger partial charge in [0.2, 0.25) is 0 Å². The summed E-state index contributed by atoms with van der Waals surface area (Å²) in [5, 5.41) is 1.12. The first-order valence-electron chi connectivity index (χ1n) is 8.79.